The minimum absolute atomic E-state index is 0.0231. The average molecular weight is 1110 g/mol. The summed E-state index contributed by atoms with van der Waals surface area (Å²) in [4.78, 5) is 24.6. The molecule has 0 aromatic carbocycles. The van der Waals surface area contributed by atoms with Crippen LogP contribution in [0.15, 0.2) is 12.2 Å². The smallest absolute Gasteiger partial charge is 0.305 e. The van der Waals surface area contributed by atoms with Crippen molar-refractivity contribution < 1.29 is 24.5 Å². The molecule has 1 amide bonds. The predicted molar refractivity (Wildman–Crippen MR) is 347 cm³/mol. The van der Waals surface area contributed by atoms with Gasteiger partial charge in [0.15, 0.2) is 0 Å². The number of hydrogen-bond acceptors (Lipinski definition) is 5. The fourth-order valence-corrected chi connectivity index (χ4v) is 11.8. The zero-order valence-corrected chi connectivity index (χ0v) is 53.9. The minimum Gasteiger partial charge on any atom is -0.466 e. The van der Waals surface area contributed by atoms with Crippen LogP contribution in [0, 0.1) is 0 Å². The second-order valence-electron chi connectivity index (χ2n) is 25.3. The summed E-state index contributed by atoms with van der Waals surface area (Å²) < 4.78 is 5.51. The Balaban J connectivity index is 3.32. The Morgan fingerprint density at radius 2 is 0.595 bits per heavy atom. The molecule has 6 nitrogen and oxygen atoms in total. The number of rotatable bonds is 69. The molecule has 79 heavy (non-hydrogen) atoms. The van der Waals surface area contributed by atoms with Gasteiger partial charge in [0, 0.05) is 12.8 Å². The maximum absolute atomic E-state index is 12.5. The SMILES string of the molecule is CCCCCCCCCCCCCCCCCCCCC(=O)OCCCCCCCCCCCCCC/C=C\CCCCCCCCCCCCCCCCCC(=O)NC(CO)C(O)CCCCCCCCCCCCCCC. The highest BCUT2D eigenvalue weighted by molar-refractivity contribution is 5.76. The lowest BCUT2D eigenvalue weighted by Gasteiger charge is -2.22. The number of allylic oxidation sites excluding steroid dienone is 2. The highest BCUT2D eigenvalue weighted by Gasteiger charge is 2.20. The number of unbranched alkanes of at least 4 members (excludes halogenated alkanes) is 56. The number of hydrogen-bond donors (Lipinski definition) is 3. The zero-order chi connectivity index (χ0) is 57.1. The molecule has 0 aliphatic carbocycles. The number of carbonyl (C=O) groups is 2. The van der Waals surface area contributed by atoms with E-state index >= 15 is 0 Å². The van der Waals surface area contributed by atoms with E-state index in [1.54, 1.807) is 0 Å². The van der Waals surface area contributed by atoms with Gasteiger partial charge < -0.3 is 20.3 Å². The molecule has 0 aromatic rings. The third kappa shape index (κ3) is 65.6. The topological polar surface area (TPSA) is 95.9 Å². The van der Waals surface area contributed by atoms with Crippen molar-refractivity contribution in [3.63, 3.8) is 0 Å². The standard InChI is InChI=1S/C73H143NO5/c1-3-5-7-9-11-13-15-17-18-19-36-39-43-47-51-55-59-63-67-73(78)79-68-64-60-56-52-48-44-40-37-34-32-30-28-26-24-22-20-21-23-25-27-29-31-33-35-38-42-46-50-54-58-62-66-72(77)74-70(69-75)71(76)65-61-57-53-49-45-41-16-14-12-10-8-6-4-2/h22,24,70-71,75-76H,3-21,23,25-69H2,1-2H3,(H,74,77)/b24-22-. The molecule has 0 heterocycles. The molecule has 0 rings (SSSR count). The molecule has 0 spiro atoms. The average Bonchev–Trinajstić information content (AvgIpc) is 3.45. The lowest BCUT2D eigenvalue weighted by molar-refractivity contribution is -0.143. The number of nitrogens with one attached hydrogen (secondary N) is 1. The predicted octanol–water partition coefficient (Wildman–Crippen LogP) is 23.5. The van der Waals surface area contributed by atoms with E-state index in [-0.39, 0.29) is 18.5 Å². The number of amides is 1. The Kier molecular flexibility index (Phi) is 67.9. The lowest BCUT2D eigenvalue weighted by Crippen LogP contribution is -2.45. The summed E-state index contributed by atoms with van der Waals surface area (Å²) in [5.41, 5.74) is 0. The molecule has 0 saturated carbocycles. The number of esters is 1. The van der Waals surface area contributed by atoms with Gasteiger partial charge in [-0.3, -0.25) is 9.59 Å². The van der Waals surface area contributed by atoms with Gasteiger partial charge in [-0.05, 0) is 51.4 Å². The van der Waals surface area contributed by atoms with Gasteiger partial charge in [0.1, 0.15) is 0 Å². The monoisotopic (exact) mass is 1110 g/mol. The van der Waals surface area contributed by atoms with Crippen LogP contribution in [0.1, 0.15) is 418 Å². The third-order valence-electron chi connectivity index (χ3n) is 17.3. The summed E-state index contributed by atoms with van der Waals surface area (Å²) in [5, 5.41) is 23.3. The first kappa shape index (κ1) is 77.6. The highest BCUT2D eigenvalue weighted by atomic mass is 16.5. The van der Waals surface area contributed by atoms with E-state index in [0.29, 0.717) is 25.9 Å². The van der Waals surface area contributed by atoms with Crippen LogP contribution in [0.5, 0.6) is 0 Å². The van der Waals surface area contributed by atoms with Crippen molar-refractivity contribution >= 4 is 11.9 Å². The Labute approximate surface area is 495 Å². The molecule has 3 N–H and O–H groups in total. The van der Waals surface area contributed by atoms with Crippen molar-refractivity contribution in [1.29, 1.82) is 0 Å². The molecule has 6 heteroatoms. The first-order chi connectivity index (χ1) is 39.0. The van der Waals surface area contributed by atoms with Gasteiger partial charge in [0.25, 0.3) is 0 Å². The van der Waals surface area contributed by atoms with Crippen molar-refractivity contribution in [2.45, 2.75) is 431 Å². The molecular weight excluding hydrogens is 971 g/mol. The Morgan fingerprint density at radius 1 is 0.342 bits per heavy atom. The Bertz CT molecular complexity index is 1190. The summed E-state index contributed by atoms with van der Waals surface area (Å²) in [6.45, 7) is 5.00. The van der Waals surface area contributed by atoms with Crippen molar-refractivity contribution in [1.82, 2.24) is 5.32 Å². The molecule has 2 atom stereocenters. The molecule has 470 valence electrons. The summed E-state index contributed by atoms with van der Waals surface area (Å²) >= 11 is 0. The van der Waals surface area contributed by atoms with Crippen LogP contribution in [-0.4, -0.2) is 47.4 Å². The summed E-state index contributed by atoms with van der Waals surface area (Å²) in [6.07, 6.45) is 85.6. The highest BCUT2D eigenvalue weighted by Crippen LogP contribution is 2.19. The van der Waals surface area contributed by atoms with Gasteiger partial charge in [-0.1, -0.05) is 366 Å². The van der Waals surface area contributed by atoms with Gasteiger partial charge in [0.2, 0.25) is 5.91 Å². The second-order valence-corrected chi connectivity index (χ2v) is 25.3. The number of carbonyl (C=O) groups excluding carboxylic acids is 2. The van der Waals surface area contributed by atoms with E-state index in [4.69, 9.17) is 4.74 Å². The molecule has 0 aliphatic rings. The lowest BCUT2D eigenvalue weighted by atomic mass is 10.0. The maximum atomic E-state index is 12.5. The van der Waals surface area contributed by atoms with Crippen molar-refractivity contribution in [3.8, 4) is 0 Å². The quantitative estimate of drug-likeness (QED) is 0.0320. The van der Waals surface area contributed by atoms with Crippen molar-refractivity contribution in [2.24, 2.45) is 0 Å². The van der Waals surface area contributed by atoms with Gasteiger partial charge in [-0.15, -0.1) is 0 Å². The largest absolute Gasteiger partial charge is 0.466 e. The fourth-order valence-electron chi connectivity index (χ4n) is 11.8. The van der Waals surface area contributed by atoms with Crippen LogP contribution < -0.4 is 5.32 Å². The third-order valence-corrected chi connectivity index (χ3v) is 17.3. The second kappa shape index (κ2) is 69.1. The van der Waals surface area contributed by atoms with Crippen LogP contribution >= 0.6 is 0 Å². The summed E-state index contributed by atoms with van der Waals surface area (Å²) in [7, 11) is 0. The molecular formula is C73H143NO5. The van der Waals surface area contributed by atoms with Crippen LogP contribution in [0.3, 0.4) is 0 Å². The number of aliphatic hydroxyl groups excluding tert-OH is 2. The summed E-state index contributed by atoms with van der Waals surface area (Å²) in [5.74, 6) is -0.00725. The molecule has 0 aliphatic heterocycles. The van der Waals surface area contributed by atoms with Gasteiger partial charge in [0.05, 0.1) is 25.4 Å². The van der Waals surface area contributed by atoms with E-state index in [9.17, 15) is 19.8 Å². The van der Waals surface area contributed by atoms with E-state index in [2.05, 4.69) is 31.3 Å². The number of ether oxygens (including phenoxy) is 1. The maximum Gasteiger partial charge on any atom is 0.305 e. The summed E-state index contributed by atoms with van der Waals surface area (Å²) in [6, 6.07) is -0.538. The molecule has 0 fully saturated rings. The Hall–Kier alpha value is -1.40. The fraction of sp³-hybridized carbons (Fsp3) is 0.945. The molecule has 0 radical (unpaired) electrons. The Morgan fingerprint density at radius 3 is 0.899 bits per heavy atom. The zero-order valence-electron chi connectivity index (χ0n) is 53.9. The number of aliphatic hydroxyl groups is 2. The molecule has 0 bridgehead atoms. The van der Waals surface area contributed by atoms with Crippen LogP contribution in [-0.2, 0) is 14.3 Å². The van der Waals surface area contributed by atoms with E-state index in [1.165, 1.54) is 347 Å². The van der Waals surface area contributed by atoms with E-state index < -0.39 is 12.1 Å². The van der Waals surface area contributed by atoms with Gasteiger partial charge >= 0.3 is 5.97 Å². The van der Waals surface area contributed by atoms with Crippen LogP contribution in [0.25, 0.3) is 0 Å². The van der Waals surface area contributed by atoms with Crippen LogP contribution in [0.2, 0.25) is 0 Å². The van der Waals surface area contributed by atoms with Gasteiger partial charge in [-0.2, -0.15) is 0 Å². The minimum atomic E-state index is -0.661. The molecule has 0 saturated heterocycles. The molecule has 2 unspecified atom stereocenters. The first-order valence-electron chi connectivity index (χ1n) is 36.4. The van der Waals surface area contributed by atoms with E-state index in [1.807, 2.05) is 0 Å². The van der Waals surface area contributed by atoms with Crippen molar-refractivity contribution in [2.75, 3.05) is 13.2 Å². The van der Waals surface area contributed by atoms with Crippen molar-refractivity contribution in [3.05, 3.63) is 12.2 Å². The van der Waals surface area contributed by atoms with Gasteiger partial charge in [-0.25, -0.2) is 0 Å². The normalized spacial score (nSPS) is 12.5. The first-order valence-corrected chi connectivity index (χ1v) is 36.4. The molecule has 0 aromatic heterocycles. The van der Waals surface area contributed by atoms with E-state index in [0.717, 1.165) is 38.5 Å². The van der Waals surface area contributed by atoms with Crippen LogP contribution in [0.4, 0.5) is 0 Å².